The van der Waals surface area contributed by atoms with Gasteiger partial charge in [0.15, 0.2) is 0 Å². The molecule has 7 heteroatoms. The van der Waals surface area contributed by atoms with Gasteiger partial charge in [-0.15, -0.1) is 0 Å². The van der Waals surface area contributed by atoms with E-state index in [9.17, 15) is 4.79 Å². The molecule has 0 spiro atoms. The fraction of sp³-hybridized carbons (Fsp3) is 0.0800. The van der Waals surface area contributed by atoms with Crippen molar-refractivity contribution < 1.29 is 4.79 Å². The Morgan fingerprint density at radius 3 is 2.59 bits per heavy atom. The average molecular weight is 420 g/mol. The Hall–Kier alpha value is -4.39. The van der Waals surface area contributed by atoms with Crippen molar-refractivity contribution >= 4 is 16.8 Å². The van der Waals surface area contributed by atoms with Crippen molar-refractivity contribution in [1.82, 2.24) is 30.0 Å². The van der Waals surface area contributed by atoms with Crippen LogP contribution in [0.25, 0.3) is 27.8 Å². The molecule has 0 aliphatic rings. The van der Waals surface area contributed by atoms with Crippen molar-refractivity contribution in [3.8, 4) is 16.9 Å². The Balaban J connectivity index is 1.44. The van der Waals surface area contributed by atoms with Crippen LogP contribution in [0.5, 0.6) is 0 Å². The maximum atomic E-state index is 13.3. The second-order valence-corrected chi connectivity index (χ2v) is 7.44. The lowest BCUT2D eigenvalue weighted by Gasteiger charge is -2.16. The molecular formula is C25H20N6O. The van der Waals surface area contributed by atoms with E-state index in [4.69, 9.17) is 4.98 Å². The van der Waals surface area contributed by atoms with E-state index < -0.39 is 0 Å². The molecule has 0 aliphatic carbocycles. The summed E-state index contributed by atoms with van der Waals surface area (Å²) in [5.41, 5.74) is 4.83. The highest BCUT2D eigenvalue weighted by molar-refractivity contribution is 6.07. The maximum Gasteiger partial charge on any atom is 0.252 e. The number of fused-ring (bicyclic) bond motifs is 1. The molecule has 1 atom stereocenters. The third-order valence-electron chi connectivity index (χ3n) is 5.34. The molecule has 3 heterocycles. The molecule has 0 fully saturated rings. The molecule has 2 aromatic carbocycles. The summed E-state index contributed by atoms with van der Waals surface area (Å²) in [4.78, 5) is 26.2. The highest BCUT2D eigenvalue weighted by Crippen LogP contribution is 2.25. The van der Waals surface area contributed by atoms with Gasteiger partial charge in [-0.05, 0) is 48.9 Å². The fourth-order valence-corrected chi connectivity index (χ4v) is 3.64. The second-order valence-electron chi connectivity index (χ2n) is 7.44. The van der Waals surface area contributed by atoms with E-state index in [-0.39, 0.29) is 11.9 Å². The first-order chi connectivity index (χ1) is 15.7. The van der Waals surface area contributed by atoms with Gasteiger partial charge in [0.05, 0.1) is 28.5 Å². The zero-order valence-corrected chi connectivity index (χ0v) is 17.4. The number of nitrogens with one attached hydrogen (secondary N) is 1. The lowest BCUT2D eigenvalue weighted by atomic mass is 10.0. The largest absolute Gasteiger partial charge is 0.345 e. The summed E-state index contributed by atoms with van der Waals surface area (Å²) in [5, 5.41) is 8.07. The summed E-state index contributed by atoms with van der Waals surface area (Å²) in [6, 6.07) is 21.0. The first-order valence-corrected chi connectivity index (χ1v) is 10.2. The molecule has 156 valence electrons. The predicted octanol–water partition coefficient (Wildman–Crippen LogP) is 4.37. The van der Waals surface area contributed by atoms with E-state index in [0.29, 0.717) is 11.3 Å². The Kier molecular flexibility index (Phi) is 5.13. The number of carbonyl (C=O) groups excluding carboxylic acids is 1. The zero-order valence-electron chi connectivity index (χ0n) is 17.4. The average Bonchev–Trinajstić information content (AvgIpc) is 3.39. The van der Waals surface area contributed by atoms with Crippen molar-refractivity contribution in [3.05, 3.63) is 103 Å². The normalized spacial score (nSPS) is 11.9. The summed E-state index contributed by atoms with van der Waals surface area (Å²) < 4.78 is 1.69. The monoisotopic (exact) mass is 420 g/mol. The molecule has 32 heavy (non-hydrogen) atoms. The molecule has 0 aliphatic heterocycles. The van der Waals surface area contributed by atoms with E-state index in [1.165, 1.54) is 6.33 Å². The molecule has 1 amide bonds. The number of amides is 1. The minimum Gasteiger partial charge on any atom is -0.345 e. The summed E-state index contributed by atoms with van der Waals surface area (Å²) in [7, 11) is 0. The van der Waals surface area contributed by atoms with Crippen LogP contribution in [0, 0.1) is 0 Å². The van der Waals surface area contributed by atoms with E-state index in [1.807, 2.05) is 73.7 Å². The SMILES string of the molecule is CC(NC(=O)c1cc(-c2cccnc2)nc2ccccc12)c1ccc(-n2cncn2)cc1. The number of para-hydroxylation sites is 1. The van der Waals surface area contributed by atoms with Crippen LogP contribution in [-0.4, -0.2) is 30.6 Å². The summed E-state index contributed by atoms with van der Waals surface area (Å²) in [6.45, 7) is 1.97. The molecule has 0 radical (unpaired) electrons. The molecular weight excluding hydrogens is 400 g/mol. The van der Waals surface area contributed by atoms with Crippen molar-refractivity contribution in [2.24, 2.45) is 0 Å². The lowest BCUT2D eigenvalue weighted by molar-refractivity contribution is 0.0941. The molecule has 5 rings (SSSR count). The number of hydrogen-bond donors (Lipinski definition) is 1. The van der Waals surface area contributed by atoms with Gasteiger partial charge in [-0.1, -0.05) is 30.3 Å². The Morgan fingerprint density at radius 1 is 1.00 bits per heavy atom. The molecule has 0 saturated heterocycles. The molecule has 3 aromatic heterocycles. The number of hydrogen-bond acceptors (Lipinski definition) is 5. The number of benzene rings is 2. The van der Waals surface area contributed by atoms with Gasteiger partial charge in [-0.25, -0.2) is 14.6 Å². The van der Waals surface area contributed by atoms with Gasteiger partial charge in [0.2, 0.25) is 0 Å². The second kappa shape index (κ2) is 8.39. The minimum absolute atomic E-state index is 0.151. The molecule has 1 N–H and O–H groups in total. The predicted molar refractivity (Wildman–Crippen MR) is 122 cm³/mol. The van der Waals surface area contributed by atoms with Crippen molar-refractivity contribution in [1.29, 1.82) is 0 Å². The number of rotatable bonds is 5. The Labute approximate surface area is 184 Å². The molecule has 5 aromatic rings. The van der Waals surface area contributed by atoms with Crippen LogP contribution in [0.15, 0.2) is 91.8 Å². The van der Waals surface area contributed by atoms with Crippen LogP contribution in [0.4, 0.5) is 0 Å². The standard InChI is InChI=1S/C25H20N6O/c1-17(18-8-10-20(11-9-18)31-16-27-15-28-31)29-25(32)22-13-24(19-5-4-12-26-14-19)30-23-7-3-2-6-21(22)23/h2-17H,1H3,(H,29,32). The Bertz CT molecular complexity index is 1370. The summed E-state index contributed by atoms with van der Waals surface area (Å²) >= 11 is 0. The maximum absolute atomic E-state index is 13.3. The molecule has 7 nitrogen and oxygen atoms in total. The quantitative estimate of drug-likeness (QED) is 0.456. The number of carbonyl (C=O) groups is 1. The number of aromatic nitrogens is 5. The van der Waals surface area contributed by atoms with E-state index >= 15 is 0 Å². The molecule has 0 saturated carbocycles. The topological polar surface area (TPSA) is 85.6 Å². The van der Waals surface area contributed by atoms with Crippen LogP contribution >= 0.6 is 0 Å². The first kappa shape index (κ1) is 19.6. The van der Waals surface area contributed by atoms with Gasteiger partial charge in [0.1, 0.15) is 12.7 Å². The number of nitrogens with zero attached hydrogens (tertiary/aromatic N) is 5. The smallest absolute Gasteiger partial charge is 0.252 e. The third-order valence-corrected chi connectivity index (χ3v) is 5.34. The van der Waals surface area contributed by atoms with Gasteiger partial charge < -0.3 is 5.32 Å². The van der Waals surface area contributed by atoms with Crippen molar-refractivity contribution in [2.75, 3.05) is 0 Å². The van der Waals surface area contributed by atoms with E-state index in [0.717, 1.165) is 27.7 Å². The van der Waals surface area contributed by atoms with Crippen LogP contribution < -0.4 is 5.32 Å². The van der Waals surface area contributed by atoms with Crippen LogP contribution in [0.3, 0.4) is 0 Å². The van der Waals surface area contributed by atoms with Gasteiger partial charge >= 0.3 is 0 Å². The lowest BCUT2D eigenvalue weighted by Crippen LogP contribution is -2.27. The zero-order chi connectivity index (χ0) is 21.9. The van der Waals surface area contributed by atoms with Crippen molar-refractivity contribution in [2.45, 2.75) is 13.0 Å². The molecule has 1 unspecified atom stereocenters. The Morgan fingerprint density at radius 2 is 1.84 bits per heavy atom. The van der Waals surface area contributed by atoms with Crippen LogP contribution in [-0.2, 0) is 0 Å². The van der Waals surface area contributed by atoms with Crippen molar-refractivity contribution in [3.63, 3.8) is 0 Å². The third kappa shape index (κ3) is 3.83. The highest BCUT2D eigenvalue weighted by Gasteiger charge is 2.17. The van der Waals surface area contributed by atoms with E-state index in [1.54, 1.807) is 23.4 Å². The van der Waals surface area contributed by atoms with Gasteiger partial charge in [-0.3, -0.25) is 9.78 Å². The molecule has 0 bridgehead atoms. The number of pyridine rings is 2. The fourth-order valence-electron chi connectivity index (χ4n) is 3.64. The summed E-state index contributed by atoms with van der Waals surface area (Å²) in [5.74, 6) is -0.151. The highest BCUT2D eigenvalue weighted by atomic mass is 16.1. The van der Waals surface area contributed by atoms with Gasteiger partial charge in [0, 0.05) is 23.3 Å². The summed E-state index contributed by atoms with van der Waals surface area (Å²) in [6.07, 6.45) is 6.61. The first-order valence-electron chi connectivity index (χ1n) is 10.2. The van der Waals surface area contributed by atoms with Gasteiger partial charge in [-0.2, -0.15) is 5.10 Å². The van der Waals surface area contributed by atoms with Gasteiger partial charge in [0.25, 0.3) is 5.91 Å². The minimum atomic E-state index is -0.180. The van der Waals surface area contributed by atoms with E-state index in [2.05, 4.69) is 20.4 Å². The van der Waals surface area contributed by atoms with Crippen LogP contribution in [0.2, 0.25) is 0 Å². The van der Waals surface area contributed by atoms with Crippen LogP contribution in [0.1, 0.15) is 28.9 Å².